The fourth-order valence-electron chi connectivity index (χ4n) is 1.67. The van der Waals surface area contributed by atoms with Gasteiger partial charge in [0.25, 0.3) is 0 Å². The summed E-state index contributed by atoms with van der Waals surface area (Å²) in [7, 11) is 3.04. The van der Waals surface area contributed by atoms with E-state index in [0.717, 1.165) is 25.3 Å². The van der Waals surface area contributed by atoms with Gasteiger partial charge >= 0.3 is 5.97 Å². The number of furan rings is 1. The van der Waals surface area contributed by atoms with Crippen molar-refractivity contribution in [3.8, 4) is 0 Å². The molecule has 0 aliphatic carbocycles. The van der Waals surface area contributed by atoms with Crippen LogP contribution in [0.1, 0.15) is 36.6 Å². The number of hydrogen-bond donors (Lipinski definition) is 1. The molecule has 0 bridgehead atoms. The molecule has 5 nitrogen and oxygen atoms in total. The van der Waals surface area contributed by atoms with Gasteiger partial charge in [-0.1, -0.05) is 13.8 Å². The van der Waals surface area contributed by atoms with E-state index in [1.807, 2.05) is 0 Å². The van der Waals surface area contributed by atoms with Crippen molar-refractivity contribution in [2.75, 3.05) is 27.4 Å². The lowest BCUT2D eigenvalue weighted by Gasteiger charge is -2.24. The van der Waals surface area contributed by atoms with Crippen LogP contribution in [0.5, 0.6) is 0 Å². The molecule has 1 N–H and O–H groups in total. The summed E-state index contributed by atoms with van der Waals surface area (Å²) in [6, 6.07) is 3.40. The van der Waals surface area contributed by atoms with E-state index < -0.39 is 5.97 Å². The molecule has 0 amide bonds. The van der Waals surface area contributed by atoms with E-state index in [0.29, 0.717) is 6.54 Å². The average molecular weight is 269 g/mol. The zero-order valence-corrected chi connectivity index (χ0v) is 12.1. The largest absolute Gasteiger partial charge is 0.463 e. The lowest BCUT2D eigenvalue weighted by atomic mass is 9.90. The molecule has 1 heterocycles. The maximum Gasteiger partial charge on any atom is 0.373 e. The van der Waals surface area contributed by atoms with Crippen LogP contribution in [0.15, 0.2) is 16.5 Å². The predicted molar refractivity (Wildman–Crippen MR) is 72.0 cm³/mol. The first-order valence-corrected chi connectivity index (χ1v) is 6.35. The van der Waals surface area contributed by atoms with Gasteiger partial charge in [-0.2, -0.15) is 0 Å². The summed E-state index contributed by atoms with van der Waals surface area (Å²) in [6.07, 6.45) is 0.988. The molecule has 0 atom stereocenters. The van der Waals surface area contributed by atoms with Crippen LogP contribution >= 0.6 is 0 Å². The lowest BCUT2D eigenvalue weighted by Crippen LogP contribution is -2.30. The van der Waals surface area contributed by atoms with Crippen LogP contribution in [0.4, 0.5) is 0 Å². The summed E-state index contributed by atoms with van der Waals surface area (Å²) in [4.78, 5) is 11.2. The minimum atomic E-state index is -0.452. The monoisotopic (exact) mass is 269 g/mol. The second-order valence-corrected chi connectivity index (χ2v) is 5.27. The van der Waals surface area contributed by atoms with E-state index in [-0.39, 0.29) is 11.2 Å². The van der Waals surface area contributed by atoms with Gasteiger partial charge in [-0.15, -0.1) is 0 Å². The van der Waals surface area contributed by atoms with Crippen molar-refractivity contribution in [2.24, 2.45) is 5.41 Å². The Bertz CT molecular complexity index is 398. The number of ether oxygens (including phenoxy) is 2. The highest BCUT2D eigenvalue weighted by Gasteiger charge is 2.17. The van der Waals surface area contributed by atoms with Crippen LogP contribution < -0.4 is 5.32 Å². The van der Waals surface area contributed by atoms with E-state index in [2.05, 4.69) is 23.9 Å². The SMILES string of the molecule is COCCC(C)(C)CNCc1ccc(C(=O)OC)o1. The standard InChI is InChI=1S/C14H23NO4/c1-14(2,7-8-17-3)10-15-9-11-5-6-12(19-11)13(16)18-4/h5-6,15H,7-10H2,1-4H3. The van der Waals surface area contributed by atoms with Crippen molar-refractivity contribution in [1.29, 1.82) is 0 Å². The van der Waals surface area contributed by atoms with Crippen LogP contribution in [0.2, 0.25) is 0 Å². The van der Waals surface area contributed by atoms with Gasteiger partial charge < -0.3 is 19.2 Å². The zero-order chi connectivity index (χ0) is 14.3. The van der Waals surface area contributed by atoms with Crippen molar-refractivity contribution in [3.63, 3.8) is 0 Å². The second kappa shape index (κ2) is 7.31. The number of carbonyl (C=O) groups excluding carboxylic acids is 1. The first-order chi connectivity index (χ1) is 8.98. The number of carbonyl (C=O) groups is 1. The number of nitrogens with one attached hydrogen (secondary N) is 1. The molecular weight excluding hydrogens is 246 g/mol. The molecule has 19 heavy (non-hydrogen) atoms. The molecule has 0 spiro atoms. The average Bonchev–Trinajstić information content (AvgIpc) is 2.84. The first-order valence-electron chi connectivity index (χ1n) is 6.35. The maximum absolute atomic E-state index is 11.2. The van der Waals surface area contributed by atoms with E-state index in [9.17, 15) is 4.79 Å². The molecule has 1 rings (SSSR count). The van der Waals surface area contributed by atoms with Crippen LogP contribution in [0.25, 0.3) is 0 Å². The Morgan fingerprint density at radius 1 is 1.37 bits per heavy atom. The second-order valence-electron chi connectivity index (χ2n) is 5.27. The van der Waals surface area contributed by atoms with Gasteiger partial charge in [-0.3, -0.25) is 0 Å². The van der Waals surface area contributed by atoms with Crippen molar-refractivity contribution < 1.29 is 18.7 Å². The molecule has 0 aliphatic rings. The van der Waals surface area contributed by atoms with Crippen LogP contribution in [-0.4, -0.2) is 33.3 Å². The summed E-state index contributed by atoms with van der Waals surface area (Å²) >= 11 is 0. The van der Waals surface area contributed by atoms with E-state index in [4.69, 9.17) is 9.15 Å². The van der Waals surface area contributed by atoms with Gasteiger partial charge in [0.1, 0.15) is 5.76 Å². The zero-order valence-electron chi connectivity index (χ0n) is 12.1. The highest BCUT2D eigenvalue weighted by atomic mass is 16.5. The topological polar surface area (TPSA) is 60.7 Å². The lowest BCUT2D eigenvalue weighted by molar-refractivity contribution is 0.0562. The molecule has 1 aromatic heterocycles. The maximum atomic E-state index is 11.2. The summed E-state index contributed by atoms with van der Waals surface area (Å²) in [5.41, 5.74) is 0.160. The van der Waals surface area contributed by atoms with Crippen LogP contribution in [-0.2, 0) is 16.0 Å². The molecular formula is C14H23NO4. The Kier molecular flexibility index (Phi) is 6.05. The molecule has 0 unspecified atom stereocenters. The summed E-state index contributed by atoms with van der Waals surface area (Å²) in [5.74, 6) is 0.507. The molecule has 0 aliphatic heterocycles. The Morgan fingerprint density at radius 3 is 2.74 bits per heavy atom. The molecule has 5 heteroatoms. The minimum absolute atomic E-state index is 0.160. The molecule has 108 valence electrons. The van der Waals surface area contributed by atoms with Crippen molar-refractivity contribution in [2.45, 2.75) is 26.8 Å². The summed E-state index contributed by atoms with van der Waals surface area (Å²) in [5, 5.41) is 3.32. The molecule has 0 aromatic carbocycles. The molecule has 1 aromatic rings. The highest BCUT2D eigenvalue weighted by Crippen LogP contribution is 2.19. The van der Waals surface area contributed by atoms with E-state index in [1.54, 1.807) is 19.2 Å². The third kappa shape index (κ3) is 5.44. The first kappa shape index (κ1) is 15.7. The predicted octanol–water partition coefficient (Wildman–Crippen LogP) is 2.22. The Hall–Kier alpha value is -1.33. The molecule has 0 fully saturated rings. The quantitative estimate of drug-likeness (QED) is 0.733. The Morgan fingerprint density at radius 2 is 2.11 bits per heavy atom. The van der Waals surface area contributed by atoms with Crippen molar-refractivity contribution in [3.05, 3.63) is 23.7 Å². The van der Waals surface area contributed by atoms with Crippen molar-refractivity contribution >= 4 is 5.97 Å². The highest BCUT2D eigenvalue weighted by molar-refractivity contribution is 5.86. The fourth-order valence-corrected chi connectivity index (χ4v) is 1.67. The van der Waals surface area contributed by atoms with Crippen LogP contribution in [0, 0.1) is 5.41 Å². The normalized spacial score (nSPS) is 11.6. The molecule has 0 radical (unpaired) electrons. The van der Waals surface area contributed by atoms with E-state index in [1.165, 1.54) is 7.11 Å². The number of methoxy groups -OCH3 is 2. The van der Waals surface area contributed by atoms with Gasteiger partial charge in [-0.05, 0) is 24.0 Å². The number of hydrogen-bond acceptors (Lipinski definition) is 5. The summed E-state index contributed by atoms with van der Waals surface area (Å²) < 4.78 is 15.0. The summed E-state index contributed by atoms with van der Waals surface area (Å²) in [6.45, 7) is 6.56. The van der Waals surface area contributed by atoms with Gasteiger partial charge in [0.05, 0.1) is 13.7 Å². The Labute approximate surface area is 114 Å². The third-order valence-electron chi connectivity index (χ3n) is 2.93. The van der Waals surface area contributed by atoms with Crippen molar-refractivity contribution in [1.82, 2.24) is 5.32 Å². The van der Waals surface area contributed by atoms with Crippen LogP contribution in [0.3, 0.4) is 0 Å². The van der Waals surface area contributed by atoms with Gasteiger partial charge in [0, 0.05) is 20.3 Å². The fraction of sp³-hybridized carbons (Fsp3) is 0.643. The van der Waals surface area contributed by atoms with Gasteiger partial charge in [0.2, 0.25) is 5.76 Å². The van der Waals surface area contributed by atoms with Gasteiger partial charge in [-0.25, -0.2) is 4.79 Å². The smallest absolute Gasteiger partial charge is 0.373 e. The minimum Gasteiger partial charge on any atom is -0.463 e. The third-order valence-corrected chi connectivity index (χ3v) is 2.93. The van der Waals surface area contributed by atoms with Gasteiger partial charge in [0.15, 0.2) is 0 Å². The number of esters is 1. The molecule has 0 saturated carbocycles. The molecule has 0 saturated heterocycles. The van der Waals surface area contributed by atoms with E-state index >= 15 is 0 Å². The number of rotatable bonds is 8. The Balaban J connectivity index is 2.36.